The van der Waals surface area contributed by atoms with Gasteiger partial charge in [-0.3, -0.25) is 4.79 Å². The van der Waals surface area contributed by atoms with Crippen LogP contribution in [0.3, 0.4) is 0 Å². The number of aromatic nitrogens is 3. The summed E-state index contributed by atoms with van der Waals surface area (Å²) in [6, 6.07) is 17.3. The minimum Gasteiger partial charge on any atom is -0.493 e. The lowest BCUT2D eigenvalue weighted by atomic mass is 9.95. The van der Waals surface area contributed by atoms with Crippen molar-refractivity contribution in [2.24, 2.45) is 0 Å². The summed E-state index contributed by atoms with van der Waals surface area (Å²) in [5.74, 6) is 1.93. The van der Waals surface area contributed by atoms with Crippen molar-refractivity contribution >= 4 is 40.7 Å². The van der Waals surface area contributed by atoms with Gasteiger partial charge in [0.25, 0.3) is 5.91 Å². The summed E-state index contributed by atoms with van der Waals surface area (Å²) in [7, 11) is 4.62. The van der Waals surface area contributed by atoms with Crippen molar-refractivity contribution in [1.82, 2.24) is 14.8 Å². The Morgan fingerprint density at radius 2 is 1.64 bits per heavy atom. The lowest BCUT2D eigenvalue weighted by Crippen LogP contribution is -2.31. The van der Waals surface area contributed by atoms with Crippen molar-refractivity contribution in [3.63, 3.8) is 0 Å². The molecule has 5 rings (SSSR count). The second-order valence-corrected chi connectivity index (χ2v) is 9.49. The van der Waals surface area contributed by atoms with E-state index in [0.717, 1.165) is 0 Å². The number of methoxy groups -OCH3 is 3. The molecule has 11 heteroatoms. The van der Waals surface area contributed by atoms with Gasteiger partial charge in [0.05, 0.1) is 36.9 Å². The fourth-order valence-corrected chi connectivity index (χ4v) is 4.79. The third kappa shape index (κ3) is 4.98. The van der Waals surface area contributed by atoms with Gasteiger partial charge < -0.3 is 24.8 Å². The highest BCUT2D eigenvalue weighted by Crippen LogP contribution is 2.42. The second-order valence-electron chi connectivity index (χ2n) is 8.68. The first-order valence-corrected chi connectivity index (χ1v) is 12.7. The zero-order valence-electron chi connectivity index (χ0n) is 21.6. The molecule has 0 fully saturated rings. The summed E-state index contributed by atoms with van der Waals surface area (Å²) in [6.45, 7) is 1.82. The van der Waals surface area contributed by atoms with Gasteiger partial charge in [0.15, 0.2) is 17.3 Å². The van der Waals surface area contributed by atoms with E-state index in [9.17, 15) is 4.79 Å². The molecule has 3 aromatic carbocycles. The standard InChI is InChI=1S/C28H25Cl2N5O4/c1-15-23(27(36)32-18-8-6-5-7-9-18)24(16-10-11-19(29)20(30)12-16)35-28(31-15)33-26(34-35)17-13-21(37-2)25(39-4)22(14-17)38-3/h5-14,24H,1-4H3,(H,32,36)(H,31,33,34). The molecule has 0 radical (unpaired) electrons. The molecule has 0 aliphatic carbocycles. The monoisotopic (exact) mass is 565 g/mol. The minimum atomic E-state index is -0.650. The number of nitrogens with one attached hydrogen (secondary N) is 2. The molecule has 0 saturated carbocycles. The zero-order valence-corrected chi connectivity index (χ0v) is 23.1. The van der Waals surface area contributed by atoms with Crippen LogP contribution >= 0.6 is 23.2 Å². The highest BCUT2D eigenvalue weighted by molar-refractivity contribution is 6.42. The van der Waals surface area contributed by atoms with Gasteiger partial charge in [-0.15, -0.1) is 5.10 Å². The highest BCUT2D eigenvalue weighted by Gasteiger charge is 2.35. The number of hydrogen-bond acceptors (Lipinski definition) is 7. The van der Waals surface area contributed by atoms with Gasteiger partial charge in [-0.1, -0.05) is 47.5 Å². The van der Waals surface area contributed by atoms with Crippen LogP contribution in [0.25, 0.3) is 11.4 Å². The third-order valence-corrected chi connectivity index (χ3v) is 7.05. The number of ether oxygens (including phenoxy) is 3. The van der Waals surface area contributed by atoms with Crippen LogP contribution in [0, 0.1) is 0 Å². The second kappa shape index (κ2) is 10.9. The molecule has 39 heavy (non-hydrogen) atoms. The predicted molar refractivity (Wildman–Crippen MR) is 151 cm³/mol. The number of hydrogen-bond donors (Lipinski definition) is 2. The van der Waals surface area contributed by atoms with E-state index in [2.05, 4.69) is 10.6 Å². The molecule has 2 heterocycles. The Labute approximate surface area is 235 Å². The molecule has 1 aliphatic rings. The quantitative estimate of drug-likeness (QED) is 0.275. The van der Waals surface area contributed by atoms with Crippen LogP contribution in [0.1, 0.15) is 18.5 Å². The number of carbonyl (C=O) groups excluding carboxylic acids is 1. The molecule has 0 spiro atoms. The summed E-state index contributed by atoms with van der Waals surface area (Å²) in [6.07, 6.45) is 0. The summed E-state index contributed by atoms with van der Waals surface area (Å²) in [5, 5.41) is 11.8. The molecule has 9 nitrogen and oxygen atoms in total. The number of benzene rings is 3. The van der Waals surface area contributed by atoms with E-state index in [1.807, 2.05) is 43.3 Å². The van der Waals surface area contributed by atoms with Crippen molar-refractivity contribution in [3.8, 4) is 28.6 Å². The van der Waals surface area contributed by atoms with Crippen LogP contribution < -0.4 is 24.8 Å². The molecule has 0 saturated heterocycles. The number of amides is 1. The number of anilines is 2. The van der Waals surface area contributed by atoms with E-state index in [1.165, 1.54) is 7.11 Å². The summed E-state index contributed by atoms with van der Waals surface area (Å²) < 4.78 is 18.1. The molecule has 1 unspecified atom stereocenters. The number of nitrogens with zero attached hydrogens (tertiary/aromatic N) is 3. The van der Waals surface area contributed by atoms with Gasteiger partial charge in [0.2, 0.25) is 11.7 Å². The topological polar surface area (TPSA) is 99.5 Å². The van der Waals surface area contributed by atoms with Gasteiger partial charge in [-0.25, -0.2) is 4.68 Å². The first-order chi connectivity index (χ1) is 18.8. The Morgan fingerprint density at radius 1 is 0.949 bits per heavy atom. The first kappa shape index (κ1) is 26.4. The van der Waals surface area contributed by atoms with E-state index in [1.54, 1.807) is 43.2 Å². The Morgan fingerprint density at radius 3 is 2.26 bits per heavy atom. The molecule has 1 aromatic heterocycles. The van der Waals surface area contributed by atoms with E-state index in [0.29, 0.717) is 67.2 Å². The van der Waals surface area contributed by atoms with E-state index < -0.39 is 6.04 Å². The number of fused-ring (bicyclic) bond motifs is 1. The van der Waals surface area contributed by atoms with Crippen LogP contribution in [0.4, 0.5) is 11.6 Å². The molecule has 1 aliphatic heterocycles. The SMILES string of the molecule is COc1cc(-c2nc3n(n2)C(c2ccc(Cl)c(Cl)c2)C(C(=O)Nc2ccccc2)=C(C)N3)cc(OC)c1OC. The molecule has 1 atom stereocenters. The van der Waals surface area contributed by atoms with Gasteiger partial charge in [0.1, 0.15) is 6.04 Å². The smallest absolute Gasteiger partial charge is 0.255 e. The van der Waals surface area contributed by atoms with Crippen molar-refractivity contribution in [2.45, 2.75) is 13.0 Å². The third-order valence-electron chi connectivity index (χ3n) is 6.31. The van der Waals surface area contributed by atoms with Crippen LogP contribution in [0.15, 0.2) is 71.9 Å². The Kier molecular flexibility index (Phi) is 7.36. The Balaban J connectivity index is 1.64. The zero-order chi connectivity index (χ0) is 27.7. The van der Waals surface area contributed by atoms with Crippen molar-refractivity contribution in [3.05, 3.63) is 87.5 Å². The Hall–Kier alpha value is -4.21. The number of allylic oxidation sites excluding steroid dienone is 1. The van der Waals surface area contributed by atoms with Crippen LogP contribution in [-0.2, 0) is 4.79 Å². The van der Waals surface area contributed by atoms with Crippen molar-refractivity contribution in [2.75, 3.05) is 32.0 Å². The maximum atomic E-state index is 13.7. The minimum absolute atomic E-state index is 0.294. The highest BCUT2D eigenvalue weighted by atomic mass is 35.5. The fourth-order valence-electron chi connectivity index (χ4n) is 4.49. The van der Waals surface area contributed by atoms with Gasteiger partial charge >= 0.3 is 0 Å². The average Bonchev–Trinajstić information content (AvgIpc) is 3.37. The maximum absolute atomic E-state index is 13.7. The van der Waals surface area contributed by atoms with Crippen molar-refractivity contribution in [1.29, 1.82) is 0 Å². The van der Waals surface area contributed by atoms with E-state index in [-0.39, 0.29) is 5.91 Å². The van der Waals surface area contributed by atoms with E-state index >= 15 is 0 Å². The molecular weight excluding hydrogens is 541 g/mol. The lowest BCUT2D eigenvalue weighted by Gasteiger charge is -2.29. The number of para-hydroxylation sites is 1. The fraction of sp³-hybridized carbons (Fsp3) is 0.179. The molecule has 2 N–H and O–H groups in total. The molecule has 0 bridgehead atoms. The summed E-state index contributed by atoms with van der Waals surface area (Å²) >= 11 is 12.6. The first-order valence-electron chi connectivity index (χ1n) is 11.9. The van der Waals surface area contributed by atoms with Crippen LogP contribution in [0.5, 0.6) is 17.2 Å². The van der Waals surface area contributed by atoms with Crippen molar-refractivity contribution < 1.29 is 19.0 Å². The predicted octanol–water partition coefficient (Wildman–Crippen LogP) is 6.21. The van der Waals surface area contributed by atoms with Gasteiger partial charge in [-0.05, 0) is 48.9 Å². The summed E-state index contributed by atoms with van der Waals surface area (Å²) in [5.41, 5.74) is 3.08. The van der Waals surface area contributed by atoms with Crippen LogP contribution in [0.2, 0.25) is 10.0 Å². The number of rotatable bonds is 7. The normalized spacial score (nSPS) is 14.4. The van der Waals surface area contributed by atoms with Crippen LogP contribution in [-0.4, -0.2) is 42.0 Å². The molecular formula is C28H25Cl2N5O4. The number of halogens is 2. The average molecular weight is 566 g/mol. The molecule has 4 aromatic rings. The Bertz CT molecular complexity index is 1560. The summed E-state index contributed by atoms with van der Waals surface area (Å²) in [4.78, 5) is 18.4. The lowest BCUT2D eigenvalue weighted by molar-refractivity contribution is -0.113. The van der Waals surface area contributed by atoms with Gasteiger partial charge in [-0.2, -0.15) is 4.98 Å². The van der Waals surface area contributed by atoms with Gasteiger partial charge in [0, 0.05) is 16.9 Å². The number of carbonyl (C=O) groups is 1. The van der Waals surface area contributed by atoms with E-state index in [4.69, 9.17) is 47.5 Å². The largest absolute Gasteiger partial charge is 0.493 e. The molecule has 1 amide bonds. The maximum Gasteiger partial charge on any atom is 0.255 e. The molecule has 200 valence electrons.